The van der Waals surface area contributed by atoms with E-state index < -0.39 is 0 Å². The summed E-state index contributed by atoms with van der Waals surface area (Å²) in [5, 5.41) is 3.63. The van der Waals surface area contributed by atoms with E-state index in [0.717, 1.165) is 42.3 Å². The lowest BCUT2D eigenvalue weighted by Gasteiger charge is -2.35. The zero-order valence-corrected chi connectivity index (χ0v) is 14.1. The van der Waals surface area contributed by atoms with Gasteiger partial charge in [0.15, 0.2) is 0 Å². The van der Waals surface area contributed by atoms with Crippen molar-refractivity contribution in [3.63, 3.8) is 0 Å². The van der Waals surface area contributed by atoms with Gasteiger partial charge < -0.3 is 10.1 Å². The Labute approximate surface area is 128 Å². The van der Waals surface area contributed by atoms with Crippen molar-refractivity contribution in [2.45, 2.75) is 72.4 Å². The first-order chi connectivity index (χ1) is 10.0. The molecule has 118 valence electrons. The third-order valence-corrected chi connectivity index (χ3v) is 4.73. The molecule has 2 rings (SSSR count). The molecule has 2 heterocycles. The number of nitrogens with one attached hydrogen (secondary N) is 1. The molecule has 0 saturated carbocycles. The van der Waals surface area contributed by atoms with Crippen molar-refractivity contribution in [2.24, 2.45) is 5.92 Å². The van der Waals surface area contributed by atoms with Gasteiger partial charge in [0.1, 0.15) is 11.6 Å². The summed E-state index contributed by atoms with van der Waals surface area (Å²) in [4.78, 5) is 9.00. The molecule has 1 fully saturated rings. The van der Waals surface area contributed by atoms with E-state index in [1.165, 1.54) is 12.8 Å². The Morgan fingerprint density at radius 3 is 2.57 bits per heavy atom. The van der Waals surface area contributed by atoms with E-state index in [9.17, 15) is 0 Å². The van der Waals surface area contributed by atoms with Gasteiger partial charge in [0, 0.05) is 23.9 Å². The van der Waals surface area contributed by atoms with E-state index >= 15 is 0 Å². The summed E-state index contributed by atoms with van der Waals surface area (Å²) in [6.45, 7) is 11.5. The van der Waals surface area contributed by atoms with E-state index in [4.69, 9.17) is 4.74 Å². The molecule has 1 aliphatic rings. The number of anilines is 1. The Balaban J connectivity index is 2.06. The lowest BCUT2D eigenvalue weighted by atomic mass is 9.89. The van der Waals surface area contributed by atoms with Crippen LogP contribution in [0.4, 0.5) is 5.82 Å². The molecule has 0 aliphatic carbocycles. The van der Waals surface area contributed by atoms with Gasteiger partial charge in [-0.3, -0.25) is 0 Å². The molecule has 0 radical (unpaired) electrons. The lowest BCUT2D eigenvalue weighted by Crippen LogP contribution is -2.38. The number of aryl methyl sites for hydroxylation is 2. The maximum Gasteiger partial charge on any atom is 0.133 e. The number of aromatic nitrogens is 2. The summed E-state index contributed by atoms with van der Waals surface area (Å²) in [6, 6.07) is 0.455. The molecular weight excluding hydrogens is 262 g/mol. The average Bonchev–Trinajstić information content (AvgIpc) is 2.46. The summed E-state index contributed by atoms with van der Waals surface area (Å²) in [6.07, 6.45) is 4.90. The molecule has 4 nitrogen and oxygen atoms in total. The highest BCUT2D eigenvalue weighted by Crippen LogP contribution is 2.27. The molecule has 0 spiro atoms. The summed E-state index contributed by atoms with van der Waals surface area (Å²) < 4.78 is 5.99. The zero-order chi connectivity index (χ0) is 15.4. The molecule has 1 aromatic heterocycles. The maximum absolute atomic E-state index is 5.99. The Bertz CT molecular complexity index is 471. The van der Waals surface area contributed by atoms with Crippen LogP contribution >= 0.6 is 0 Å². The lowest BCUT2D eigenvalue weighted by molar-refractivity contribution is -0.0271. The van der Waals surface area contributed by atoms with Crippen molar-refractivity contribution in [3.8, 4) is 0 Å². The monoisotopic (exact) mass is 291 g/mol. The van der Waals surface area contributed by atoms with Crippen LogP contribution in [-0.4, -0.2) is 28.7 Å². The van der Waals surface area contributed by atoms with Crippen molar-refractivity contribution >= 4 is 5.82 Å². The first kappa shape index (κ1) is 16.2. The molecule has 1 N–H and O–H groups in total. The fraction of sp³-hybridized carbons (Fsp3) is 0.765. The second kappa shape index (κ2) is 7.21. The molecule has 0 bridgehead atoms. The van der Waals surface area contributed by atoms with E-state index in [1.807, 2.05) is 13.8 Å². The van der Waals surface area contributed by atoms with Crippen molar-refractivity contribution in [2.75, 3.05) is 11.9 Å². The average molecular weight is 291 g/mol. The van der Waals surface area contributed by atoms with Crippen molar-refractivity contribution < 1.29 is 4.74 Å². The van der Waals surface area contributed by atoms with Gasteiger partial charge in [-0.15, -0.1) is 0 Å². The largest absolute Gasteiger partial charge is 0.378 e. The third-order valence-electron chi connectivity index (χ3n) is 4.73. The van der Waals surface area contributed by atoms with Gasteiger partial charge in [-0.2, -0.15) is 0 Å². The molecule has 0 aromatic carbocycles. The van der Waals surface area contributed by atoms with Crippen LogP contribution in [0.5, 0.6) is 0 Å². The van der Waals surface area contributed by atoms with E-state index in [2.05, 4.69) is 36.1 Å². The summed E-state index contributed by atoms with van der Waals surface area (Å²) in [5.74, 6) is 2.50. The van der Waals surface area contributed by atoms with Crippen LogP contribution in [0.15, 0.2) is 0 Å². The first-order valence-electron chi connectivity index (χ1n) is 8.25. The predicted molar refractivity (Wildman–Crippen MR) is 86.7 cm³/mol. The maximum atomic E-state index is 5.99. The minimum absolute atomic E-state index is 0.385. The molecular formula is C17H29N3O. The molecule has 21 heavy (non-hydrogen) atoms. The fourth-order valence-electron chi connectivity index (χ4n) is 3.20. The highest BCUT2D eigenvalue weighted by Gasteiger charge is 2.28. The summed E-state index contributed by atoms with van der Waals surface area (Å²) in [7, 11) is 0. The van der Waals surface area contributed by atoms with Crippen molar-refractivity contribution in [1.29, 1.82) is 0 Å². The second-order valence-electron chi connectivity index (χ2n) is 6.18. The van der Waals surface area contributed by atoms with Gasteiger partial charge in [0.2, 0.25) is 0 Å². The van der Waals surface area contributed by atoms with Crippen molar-refractivity contribution in [3.05, 3.63) is 17.1 Å². The molecule has 4 heteroatoms. The van der Waals surface area contributed by atoms with Gasteiger partial charge in [-0.05, 0) is 39.5 Å². The predicted octanol–water partition coefficient (Wildman–Crippen LogP) is 3.80. The van der Waals surface area contributed by atoms with E-state index in [0.29, 0.717) is 18.1 Å². The first-order valence-corrected chi connectivity index (χ1v) is 8.25. The second-order valence-corrected chi connectivity index (χ2v) is 6.18. The van der Waals surface area contributed by atoms with Crippen LogP contribution < -0.4 is 5.32 Å². The standard InChI is InChI=1S/C17H29N3O/c1-6-14(7-2)16-10-15(8-9-21-16)20-17-11(3)12(4)18-13(5)19-17/h14-16H,6-10H2,1-5H3,(H,18,19,20). The minimum atomic E-state index is 0.385. The fourth-order valence-corrected chi connectivity index (χ4v) is 3.20. The smallest absolute Gasteiger partial charge is 0.133 e. The zero-order valence-electron chi connectivity index (χ0n) is 14.1. The molecule has 2 unspecified atom stereocenters. The van der Waals surface area contributed by atoms with Gasteiger partial charge >= 0.3 is 0 Å². The topological polar surface area (TPSA) is 47.0 Å². The highest BCUT2D eigenvalue weighted by atomic mass is 16.5. The molecule has 1 saturated heterocycles. The van der Waals surface area contributed by atoms with Gasteiger partial charge in [-0.25, -0.2) is 9.97 Å². The quantitative estimate of drug-likeness (QED) is 0.896. The number of nitrogens with zero attached hydrogens (tertiary/aromatic N) is 2. The van der Waals surface area contributed by atoms with Crippen LogP contribution in [0.2, 0.25) is 0 Å². The number of hydrogen-bond acceptors (Lipinski definition) is 4. The van der Waals surface area contributed by atoms with E-state index in [-0.39, 0.29) is 0 Å². The summed E-state index contributed by atoms with van der Waals surface area (Å²) in [5.41, 5.74) is 2.22. The Kier molecular flexibility index (Phi) is 5.57. The van der Waals surface area contributed by atoms with Crippen molar-refractivity contribution in [1.82, 2.24) is 9.97 Å². The molecule has 0 amide bonds. The van der Waals surface area contributed by atoms with Gasteiger partial charge in [0.05, 0.1) is 6.10 Å². The van der Waals surface area contributed by atoms with Crippen LogP contribution in [0.3, 0.4) is 0 Å². The number of hydrogen-bond donors (Lipinski definition) is 1. The Morgan fingerprint density at radius 2 is 1.90 bits per heavy atom. The summed E-state index contributed by atoms with van der Waals surface area (Å²) >= 11 is 0. The molecule has 1 aromatic rings. The minimum Gasteiger partial charge on any atom is -0.378 e. The van der Waals surface area contributed by atoms with Crippen LogP contribution in [-0.2, 0) is 4.74 Å². The Morgan fingerprint density at radius 1 is 1.19 bits per heavy atom. The number of rotatable bonds is 5. The molecule has 1 aliphatic heterocycles. The highest BCUT2D eigenvalue weighted by molar-refractivity contribution is 5.46. The Hall–Kier alpha value is -1.16. The number of ether oxygens (including phenoxy) is 1. The third kappa shape index (κ3) is 3.94. The van der Waals surface area contributed by atoms with Crippen LogP contribution in [0.1, 0.15) is 56.6 Å². The van der Waals surface area contributed by atoms with Gasteiger partial charge in [-0.1, -0.05) is 26.7 Å². The molecule has 2 atom stereocenters. The van der Waals surface area contributed by atoms with E-state index in [1.54, 1.807) is 0 Å². The SMILES string of the molecule is CCC(CC)C1CC(Nc2nc(C)nc(C)c2C)CCO1. The van der Waals surface area contributed by atoms with Crippen LogP contribution in [0, 0.1) is 26.7 Å². The van der Waals surface area contributed by atoms with Gasteiger partial charge in [0.25, 0.3) is 0 Å². The normalized spacial score (nSPS) is 22.6. The van der Waals surface area contributed by atoms with Crippen LogP contribution in [0.25, 0.3) is 0 Å².